The molecule has 0 radical (unpaired) electrons. The van der Waals surface area contributed by atoms with Gasteiger partial charge < -0.3 is 0 Å². The van der Waals surface area contributed by atoms with Crippen molar-refractivity contribution in [2.24, 2.45) is 4.99 Å². The molecule has 0 aliphatic rings. The van der Waals surface area contributed by atoms with E-state index in [-0.39, 0.29) is 11.3 Å². The van der Waals surface area contributed by atoms with Gasteiger partial charge in [0.05, 0.1) is 16.4 Å². The summed E-state index contributed by atoms with van der Waals surface area (Å²) in [5.74, 6) is 0. The summed E-state index contributed by atoms with van der Waals surface area (Å²) in [4.78, 5) is 3.39. The summed E-state index contributed by atoms with van der Waals surface area (Å²) in [5.41, 5.74) is -1.08. The van der Waals surface area contributed by atoms with Crippen molar-refractivity contribution in [1.82, 2.24) is 0 Å². The lowest BCUT2D eigenvalue weighted by Crippen LogP contribution is -2.05. The van der Waals surface area contributed by atoms with Crippen LogP contribution in [-0.2, 0) is 12.9 Å². The first kappa shape index (κ1) is 11.8. The summed E-state index contributed by atoms with van der Waals surface area (Å²) in [6.07, 6.45) is -4.52. The van der Waals surface area contributed by atoms with Gasteiger partial charge in [0.25, 0.3) is 0 Å². The summed E-state index contributed by atoms with van der Waals surface area (Å²) < 4.78 is 49.2. The van der Waals surface area contributed by atoms with Crippen LogP contribution < -0.4 is 0 Å². The molecule has 0 aliphatic carbocycles. The third-order valence-corrected chi connectivity index (χ3v) is 1.73. The molecule has 0 fully saturated rings. The lowest BCUT2D eigenvalue weighted by molar-refractivity contribution is -0.137. The number of benzene rings is 1. The Labute approximate surface area is 88.4 Å². The van der Waals surface area contributed by atoms with Crippen molar-refractivity contribution < 1.29 is 17.6 Å². The van der Waals surface area contributed by atoms with Crippen LogP contribution in [0.1, 0.15) is 11.1 Å². The molecule has 1 aromatic rings. The molecule has 1 aromatic carbocycles. The number of rotatable bonds is 2. The van der Waals surface area contributed by atoms with Gasteiger partial charge in [-0.1, -0.05) is 0 Å². The van der Waals surface area contributed by atoms with E-state index in [0.717, 1.165) is 12.1 Å². The smallest absolute Gasteiger partial charge is 0.246 e. The first-order valence-electron chi connectivity index (χ1n) is 3.82. The minimum Gasteiger partial charge on any atom is -0.246 e. The molecule has 0 aromatic heterocycles. The number of halogens is 4. The lowest BCUT2D eigenvalue weighted by Gasteiger charge is -2.08. The van der Waals surface area contributed by atoms with Crippen molar-refractivity contribution in [3.63, 3.8) is 0 Å². The second-order valence-electron chi connectivity index (χ2n) is 2.72. The second-order valence-corrected chi connectivity index (χ2v) is 2.91. The molecule has 1 rings (SSSR count). The first-order chi connectivity index (χ1) is 6.97. The molecule has 0 saturated heterocycles. The number of thiocarbonyl (C=S) groups is 1. The monoisotopic (exact) mass is 235 g/mol. The van der Waals surface area contributed by atoms with Crippen LogP contribution in [-0.4, -0.2) is 5.16 Å². The topological polar surface area (TPSA) is 12.4 Å². The Morgan fingerprint density at radius 1 is 1.27 bits per heavy atom. The van der Waals surface area contributed by atoms with Gasteiger partial charge in [-0.15, -0.1) is 0 Å². The van der Waals surface area contributed by atoms with Crippen LogP contribution in [0.3, 0.4) is 0 Å². The van der Waals surface area contributed by atoms with E-state index in [4.69, 9.17) is 0 Å². The average molecular weight is 235 g/mol. The summed E-state index contributed by atoms with van der Waals surface area (Å²) in [6, 6.07) is 2.72. The normalized spacial score (nSPS) is 10.9. The molecule has 0 amide bonds. The molecule has 1 nitrogen and oxygen atoms in total. The molecule has 0 aliphatic heterocycles. The van der Waals surface area contributed by atoms with E-state index in [1.54, 1.807) is 0 Å². The number of hydrogen-bond acceptors (Lipinski definition) is 2. The number of alkyl halides is 4. The average Bonchev–Trinajstić information content (AvgIpc) is 2.16. The predicted octanol–water partition coefficient (Wildman–Crippen LogP) is 3.91. The van der Waals surface area contributed by atoms with E-state index in [0.29, 0.717) is 0 Å². The molecule has 0 spiro atoms. The molecule has 0 atom stereocenters. The van der Waals surface area contributed by atoms with Crippen molar-refractivity contribution in [2.45, 2.75) is 12.9 Å². The molecule has 80 valence electrons. The van der Waals surface area contributed by atoms with E-state index in [1.165, 1.54) is 6.07 Å². The summed E-state index contributed by atoms with van der Waals surface area (Å²) in [6.45, 7) is -0.982. The zero-order chi connectivity index (χ0) is 11.5. The highest BCUT2D eigenvalue weighted by molar-refractivity contribution is 7.78. The van der Waals surface area contributed by atoms with Crippen molar-refractivity contribution in [1.29, 1.82) is 0 Å². The molecule has 0 bridgehead atoms. The Hall–Kier alpha value is -1.26. The van der Waals surface area contributed by atoms with Crippen LogP contribution in [0.5, 0.6) is 0 Å². The summed E-state index contributed by atoms with van der Waals surface area (Å²) in [7, 11) is 0. The van der Waals surface area contributed by atoms with Crippen molar-refractivity contribution >= 4 is 23.1 Å². The van der Waals surface area contributed by atoms with Crippen LogP contribution in [0.15, 0.2) is 23.2 Å². The fourth-order valence-corrected chi connectivity index (χ4v) is 1.14. The highest BCUT2D eigenvalue weighted by Crippen LogP contribution is 2.32. The highest BCUT2D eigenvalue weighted by Gasteiger charge is 2.31. The summed E-state index contributed by atoms with van der Waals surface area (Å²) >= 11 is 4.26. The first-order valence-corrected chi connectivity index (χ1v) is 4.23. The van der Waals surface area contributed by atoms with E-state index in [2.05, 4.69) is 17.2 Å². The third kappa shape index (κ3) is 3.11. The molecular formula is C9H5F4NS. The third-order valence-electron chi connectivity index (χ3n) is 1.63. The quantitative estimate of drug-likeness (QED) is 0.430. The van der Waals surface area contributed by atoms with Gasteiger partial charge in [-0.05, 0) is 36.0 Å². The number of hydrogen-bond donors (Lipinski definition) is 0. The van der Waals surface area contributed by atoms with Crippen molar-refractivity contribution in [3.8, 4) is 0 Å². The molecular weight excluding hydrogens is 230 g/mol. The summed E-state index contributed by atoms with van der Waals surface area (Å²) in [5, 5.41) is 1.93. The minimum absolute atomic E-state index is 0.0486. The molecule has 0 saturated carbocycles. The van der Waals surface area contributed by atoms with Gasteiger partial charge in [0, 0.05) is 0 Å². The molecule has 0 N–H and O–H groups in total. The minimum atomic E-state index is -4.52. The van der Waals surface area contributed by atoms with Gasteiger partial charge in [0.1, 0.15) is 6.67 Å². The predicted molar refractivity (Wildman–Crippen MR) is 50.9 cm³/mol. The van der Waals surface area contributed by atoms with Crippen molar-refractivity contribution in [2.75, 3.05) is 0 Å². The van der Waals surface area contributed by atoms with E-state index in [1.807, 2.05) is 5.16 Å². The van der Waals surface area contributed by atoms with Gasteiger partial charge in [0.15, 0.2) is 0 Å². The zero-order valence-electron chi connectivity index (χ0n) is 7.31. The van der Waals surface area contributed by atoms with E-state index >= 15 is 0 Å². The van der Waals surface area contributed by atoms with Gasteiger partial charge >= 0.3 is 6.18 Å². The highest BCUT2D eigenvalue weighted by atomic mass is 32.1. The van der Waals surface area contributed by atoms with Gasteiger partial charge in [-0.3, -0.25) is 0 Å². The van der Waals surface area contributed by atoms with Crippen LogP contribution in [0.25, 0.3) is 0 Å². The molecule has 15 heavy (non-hydrogen) atoms. The van der Waals surface area contributed by atoms with Crippen molar-refractivity contribution in [3.05, 3.63) is 29.3 Å². The second kappa shape index (κ2) is 4.51. The number of nitrogens with zero attached hydrogens (tertiary/aromatic N) is 1. The van der Waals surface area contributed by atoms with Crippen LogP contribution in [0.4, 0.5) is 23.2 Å². The Bertz CT molecular complexity index is 407. The largest absolute Gasteiger partial charge is 0.416 e. The van der Waals surface area contributed by atoms with E-state index < -0.39 is 18.4 Å². The lowest BCUT2D eigenvalue weighted by atomic mass is 10.1. The molecule has 6 heteroatoms. The molecule has 0 unspecified atom stereocenters. The maximum absolute atomic E-state index is 12.3. The number of aliphatic imine (C=N–C) groups is 1. The fraction of sp³-hybridized carbons (Fsp3) is 0.222. The van der Waals surface area contributed by atoms with Crippen LogP contribution >= 0.6 is 12.2 Å². The Morgan fingerprint density at radius 3 is 2.40 bits per heavy atom. The maximum Gasteiger partial charge on any atom is 0.416 e. The number of isothiocyanates is 1. The zero-order valence-corrected chi connectivity index (χ0v) is 8.12. The standard InChI is InChI=1S/C9H5F4NS/c10-4-6-1-7(9(11,12)13)3-8(2-6)14-5-15/h1-3H,4H2. The van der Waals surface area contributed by atoms with Crippen LogP contribution in [0.2, 0.25) is 0 Å². The maximum atomic E-state index is 12.3. The van der Waals surface area contributed by atoms with Gasteiger partial charge in [0.2, 0.25) is 0 Å². The Kier molecular flexibility index (Phi) is 3.55. The Balaban J connectivity index is 3.29. The molecule has 0 heterocycles. The van der Waals surface area contributed by atoms with Crippen LogP contribution in [0, 0.1) is 0 Å². The van der Waals surface area contributed by atoms with E-state index in [9.17, 15) is 17.6 Å². The SMILES string of the molecule is FCc1cc(N=C=S)cc(C(F)(F)F)c1. The Morgan fingerprint density at radius 2 is 1.93 bits per heavy atom. The van der Waals surface area contributed by atoms with Gasteiger partial charge in [-0.2, -0.15) is 18.2 Å². The van der Waals surface area contributed by atoms with Gasteiger partial charge in [-0.25, -0.2) is 4.39 Å². The fourth-order valence-electron chi connectivity index (χ4n) is 1.03.